The number of esters is 1. The van der Waals surface area contributed by atoms with E-state index < -0.39 is 0 Å². The van der Waals surface area contributed by atoms with Crippen molar-refractivity contribution in [3.8, 4) is 0 Å². The number of allylic oxidation sites excluding steroid dienone is 1. The number of nitrogens with zero attached hydrogens (tertiary/aromatic N) is 1. The Bertz CT molecular complexity index is 480. The lowest BCUT2D eigenvalue weighted by molar-refractivity contribution is -0.109. The second-order valence-corrected chi connectivity index (χ2v) is 6.02. The summed E-state index contributed by atoms with van der Waals surface area (Å²) >= 11 is 2.63. The van der Waals surface area contributed by atoms with Crippen LogP contribution in [0.5, 0.6) is 0 Å². The lowest BCUT2D eigenvalue weighted by Crippen LogP contribution is -2.03. The van der Waals surface area contributed by atoms with Crippen LogP contribution < -0.4 is 0 Å². The van der Waals surface area contributed by atoms with Crippen molar-refractivity contribution >= 4 is 40.3 Å². The molecule has 0 unspecified atom stereocenters. The first-order chi connectivity index (χ1) is 9.04. The Balaban J connectivity index is 2.55. The minimum absolute atomic E-state index is 0.128. The van der Waals surface area contributed by atoms with Gasteiger partial charge in [-0.1, -0.05) is 17.8 Å². The maximum Gasteiger partial charge on any atom is 0.350 e. The molecule has 1 aromatic heterocycles. The van der Waals surface area contributed by atoms with Gasteiger partial charge in [-0.3, -0.25) is 4.79 Å². The maximum atomic E-state index is 11.6. The second-order valence-electron chi connectivity index (χ2n) is 3.72. The number of rotatable bonds is 6. The largest absolute Gasteiger partial charge is 0.462 e. The van der Waals surface area contributed by atoms with Crippen molar-refractivity contribution in [3.63, 3.8) is 0 Å². The molecule has 0 amide bonds. The Labute approximate surface area is 121 Å². The first-order valence-corrected chi connectivity index (χ1v) is 7.79. The van der Waals surface area contributed by atoms with Gasteiger partial charge in [0, 0.05) is 12.7 Å². The van der Waals surface area contributed by atoms with Crippen LogP contribution in [0.1, 0.15) is 40.6 Å². The Morgan fingerprint density at radius 2 is 2.21 bits per heavy atom. The van der Waals surface area contributed by atoms with Crippen LogP contribution in [-0.2, 0) is 9.53 Å². The van der Waals surface area contributed by atoms with Crippen LogP contribution in [0.2, 0.25) is 0 Å². The van der Waals surface area contributed by atoms with E-state index in [1.54, 1.807) is 20.8 Å². The minimum atomic E-state index is -0.315. The average Bonchev–Trinajstić information content (AvgIpc) is 2.70. The lowest BCUT2D eigenvalue weighted by Gasteiger charge is -1.97. The van der Waals surface area contributed by atoms with Crippen molar-refractivity contribution in [2.45, 2.75) is 27.2 Å². The van der Waals surface area contributed by atoms with Crippen LogP contribution in [0, 0.1) is 6.92 Å². The van der Waals surface area contributed by atoms with Crippen LogP contribution in [0.15, 0.2) is 6.08 Å². The number of hydrogen-bond acceptors (Lipinski definition) is 6. The van der Waals surface area contributed by atoms with Crippen molar-refractivity contribution in [1.29, 1.82) is 0 Å². The molecule has 0 aliphatic carbocycles. The van der Waals surface area contributed by atoms with Gasteiger partial charge in [-0.05, 0) is 26.3 Å². The van der Waals surface area contributed by atoms with Gasteiger partial charge >= 0.3 is 5.97 Å². The highest BCUT2D eigenvalue weighted by atomic mass is 32.2. The zero-order valence-corrected chi connectivity index (χ0v) is 12.9. The van der Waals surface area contributed by atoms with Crippen LogP contribution in [-0.4, -0.2) is 28.4 Å². The molecule has 104 valence electrons. The van der Waals surface area contributed by atoms with Gasteiger partial charge in [0.15, 0.2) is 5.12 Å². The SMILES string of the molecule is CCOC(=O)c1sc(C=CCCSC(C)=O)nc1C. The predicted molar refractivity (Wildman–Crippen MR) is 79.6 cm³/mol. The fourth-order valence-corrected chi connectivity index (χ4v) is 2.76. The van der Waals surface area contributed by atoms with E-state index >= 15 is 0 Å². The van der Waals surface area contributed by atoms with Crippen LogP contribution >= 0.6 is 23.1 Å². The number of thiazole rings is 1. The highest BCUT2D eigenvalue weighted by Gasteiger charge is 2.14. The van der Waals surface area contributed by atoms with E-state index in [9.17, 15) is 9.59 Å². The molecular formula is C13H17NO3S2. The Morgan fingerprint density at radius 3 is 2.84 bits per heavy atom. The van der Waals surface area contributed by atoms with E-state index in [1.165, 1.54) is 23.1 Å². The number of thioether (sulfide) groups is 1. The third-order valence-corrected chi connectivity index (χ3v) is 4.07. The van der Waals surface area contributed by atoms with Gasteiger partial charge in [0.05, 0.1) is 12.3 Å². The average molecular weight is 299 g/mol. The van der Waals surface area contributed by atoms with Gasteiger partial charge in [-0.25, -0.2) is 9.78 Å². The molecule has 4 nitrogen and oxygen atoms in total. The summed E-state index contributed by atoms with van der Waals surface area (Å²) in [4.78, 5) is 27.2. The summed E-state index contributed by atoms with van der Waals surface area (Å²) in [6.45, 7) is 5.50. The smallest absolute Gasteiger partial charge is 0.350 e. The first-order valence-electron chi connectivity index (χ1n) is 5.99. The molecule has 0 radical (unpaired) electrons. The second kappa shape index (κ2) is 8.12. The van der Waals surface area contributed by atoms with Crippen molar-refractivity contribution in [3.05, 3.63) is 21.7 Å². The highest BCUT2D eigenvalue weighted by Crippen LogP contribution is 2.20. The molecule has 0 fully saturated rings. The third kappa shape index (κ3) is 5.57. The van der Waals surface area contributed by atoms with Gasteiger partial charge in [0.2, 0.25) is 0 Å². The number of aromatic nitrogens is 1. The summed E-state index contributed by atoms with van der Waals surface area (Å²) < 4.78 is 4.96. The molecule has 0 spiro atoms. The fourth-order valence-electron chi connectivity index (χ4n) is 1.33. The van der Waals surface area contributed by atoms with Gasteiger partial charge in [0.25, 0.3) is 0 Å². The molecule has 0 aliphatic rings. The first kappa shape index (κ1) is 15.9. The molecule has 1 aromatic rings. The molecule has 1 heterocycles. The van der Waals surface area contributed by atoms with Crippen molar-refractivity contribution < 1.29 is 14.3 Å². The standard InChI is InChI=1S/C13H17NO3S2/c1-4-17-13(16)12-9(2)14-11(19-12)7-5-6-8-18-10(3)15/h5,7H,4,6,8H2,1-3H3. The Kier molecular flexibility index (Phi) is 6.80. The molecule has 0 bridgehead atoms. The summed E-state index contributed by atoms with van der Waals surface area (Å²) in [6, 6.07) is 0. The van der Waals surface area contributed by atoms with E-state index in [-0.39, 0.29) is 11.1 Å². The Hall–Kier alpha value is -1.14. The summed E-state index contributed by atoms with van der Waals surface area (Å²) in [5, 5.41) is 0.913. The van der Waals surface area contributed by atoms with E-state index in [1.807, 2.05) is 12.2 Å². The van der Waals surface area contributed by atoms with E-state index in [0.29, 0.717) is 17.2 Å². The third-order valence-electron chi connectivity index (χ3n) is 2.12. The molecule has 0 atom stereocenters. The monoisotopic (exact) mass is 299 g/mol. The Morgan fingerprint density at radius 1 is 1.47 bits per heavy atom. The highest BCUT2D eigenvalue weighted by molar-refractivity contribution is 8.13. The van der Waals surface area contributed by atoms with E-state index in [4.69, 9.17) is 4.74 Å². The van der Waals surface area contributed by atoms with E-state index in [2.05, 4.69) is 4.98 Å². The number of aryl methyl sites for hydroxylation is 1. The summed E-state index contributed by atoms with van der Waals surface area (Å²) in [6.07, 6.45) is 4.64. The minimum Gasteiger partial charge on any atom is -0.462 e. The molecule has 0 aliphatic heterocycles. The zero-order chi connectivity index (χ0) is 14.3. The number of carbonyl (C=O) groups excluding carboxylic acids is 2. The number of hydrogen-bond donors (Lipinski definition) is 0. The summed E-state index contributed by atoms with van der Waals surface area (Å²) in [5.74, 6) is 0.449. The van der Waals surface area contributed by atoms with E-state index in [0.717, 1.165) is 17.2 Å². The molecule has 0 saturated carbocycles. The molecule has 1 rings (SSSR count). The van der Waals surface area contributed by atoms with Crippen LogP contribution in [0.25, 0.3) is 6.08 Å². The molecule has 19 heavy (non-hydrogen) atoms. The number of ether oxygens (including phenoxy) is 1. The zero-order valence-electron chi connectivity index (χ0n) is 11.3. The quantitative estimate of drug-likeness (QED) is 0.596. The lowest BCUT2D eigenvalue weighted by atomic mass is 10.4. The molecule has 0 saturated heterocycles. The molecular weight excluding hydrogens is 282 g/mol. The normalized spacial score (nSPS) is 10.9. The fraction of sp³-hybridized carbons (Fsp3) is 0.462. The van der Waals surface area contributed by atoms with Crippen LogP contribution in [0.3, 0.4) is 0 Å². The van der Waals surface area contributed by atoms with Crippen molar-refractivity contribution in [2.75, 3.05) is 12.4 Å². The summed E-state index contributed by atoms with van der Waals surface area (Å²) in [7, 11) is 0. The maximum absolute atomic E-state index is 11.6. The van der Waals surface area contributed by atoms with Gasteiger partial charge in [0.1, 0.15) is 9.88 Å². The van der Waals surface area contributed by atoms with Crippen molar-refractivity contribution in [1.82, 2.24) is 4.98 Å². The predicted octanol–water partition coefficient (Wildman–Crippen LogP) is 3.31. The number of carbonyl (C=O) groups is 2. The van der Waals surface area contributed by atoms with Crippen molar-refractivity contribution in [2.24, 2.45) is 0 Å². The molecule has 6 heteroatoms. The van der Waals surface area contributed by atoms with Gasteiger partial charge < -0.3 is 4.74 Å². The van der Waals surface area contributed by atoms with Crippen LogP contribution in [0.4, 0.5) is 0 Å². The molecule has 0 aromatic carbocycles. The topological polar surface area (TPSA) is 56.3 Å². The van der Waals surface area contributed by atoms with Gasteiger partial charge in [-0.15, -0.1) is 11.3 Å². The van der Waals surface area contributed by atoms with Gasteiger partial charge in [-0.2, -0.15) is 0 Å². The summed E-state index contributed by atoms with van der Waals surface area (Å²) in [5.41, 5.74) is 0.696. The molecule has 0 N–H and O–H groups in total.